The van der Waals surface area contributed by atoms with Crippen molar-refractivity contribution in [1.82, 2.24) is 0 Å². The van der Waals surface area contributed by atoms with Crippen molar-refractivity contribution < 1.29 is 14.6 Å². The van der Waals surface area contributed by atoms with Gasteiger partial charge in [0, 0.05) is 11.8 Å². The predicted molar refractivity (Wildman–Crippen MR) is 49.0 cm³/mol. The van der Waals surface area contributed by atoms with Crippen LogP contribution in [0.25, 0.3) is 0 Å². The molecule has 0 aromatic heterocycles. The van der Waals surface area contributed by atoms with Gasteiger partial charge in [0.25, 0.3) is 0 Å². The lowest BCUT2D eigenvalue weighted by Gasteiger charge is -2.05. The van der Waals surface area contributed by atoms with Crippen LogP contribution in [-0.2, 0) is 4.79 Å². The maximum Gasteiger partial charge on any atom is 0.341 e. The molecule has 1 rings (SSSR count). The molecule has 0 saturated carbocycles. The van der Waals surface area contributed by atoms with E-state index >= 15 is 0 Å². The second-order valence-corrected chi connectivity index (χ2v) is 2.78. The smallest absolute Gasteiger partial charge is 0.341 e. The molecule has 1 aromatic rings. The molecule has 0 aliphatic carbocycles. The van der Waals surface area contributed by atoms with Crippen LogP contribution < -0.4 is 10.5 Å². The summed E-state index contributed by atoms with van der Waals surface area (Å²) >= 11 is 5.71. The highest BCUT2D eigenvalue weighted by Gasteiger charge is 2.04. The first kappa shape index (κ1) is 9.67. The number of carboxylic acid groups (broad SMARTS) is 1. The molecule has 0 unspecified atom stereocenters. The first-order chi connectivity index (χ1) is 6.09. The Balaban J connectivity index is 2.75. The van der Waals surface area contributed by atoms with Crippen LogP contribution in [0.15, 0.2) is 18.2 Å². The van der Waals surface area contributed by atoms with Gasteiger partial charge in [0.05, 0.1) is 5.02 Å². The van der Waals surface area contributed by atoms with E-state index in [1.54, 1.807) is 12.1 Å². The summed E-state index contributed by atoms with van der Waals surface area (Å²) in [5.41, 5.74) is 5.92. The molecule has 5 heteroatoms. The van der Waals surface area contributed by atoms with E-state index in [-0.39, 0.29) is 5.75 Å². The molecule has 3 N–H and O–H groups in total. The van der Waals surface area contributed by atoms with Gasteiger partial charge >= 0.3 is 5.97 Å². The number of nitrogens with two attached hydrogens (primary N) is 1. The molecule has 0 bridgehead atoms. The van der Waals surface area contributed by atoms with E-state index in [4.69, 9.17) is 27.2 Å². The van der Waals surface area contributed by atoms with Crippen LogP contribution in [0, 0.1) is 0 Å². The number of nitrogen functional groups attached to an aromatic ring is 1. The zero-order valence-electron chi connectivity index (χ0n) is 6.66. The average Bonchev–Trinajstić information content (AvgIpc) is 2.06. The van der Waals surface area contributed by atoms with Gasteiger partial charge in [-0.15, -0.1) is 0 Å². The van der Waals surface area contributed by atoms with Gasteiger partial charge in [-0.2, -0.15) is 0 Å². The topological polar surface area (TPSA) is 72.5 Å². The van der Waals surface area contributed by atoms with Crippen LogP contribution in [0.3, 0.4) is 0 Å². The lowest BCUT2D eigenvalue weighted by Crippen LogP contribution is -2.09. The fourth-order valence-electron chi connectivity index (χ4n) is 0.770. The second kappa shape index (κ2) is 4.00. The molecule has 0 heterocycles. The van der Waals surface area contributed by atoms with Crippen molar-refractivity contribution in [1.29, 1.82) is 0 Å². The Morgan fingerprint density at radius 1 is 1.62 bits per heavy atom. The van der Waals surface area contributed by atoms with Crippen molar-refractivity contribution in [2.75, 3.05) is 12.3 Å². The van der Waals surface area contributed by atoms with E-state index in [9.17, 15) is 4.79 Å². The number of halogens is 1. The highest BCUT2D eigenvalue weighted by atomic mass is 35.5. The summed E-state index contributed by atoms with van der Waals surface area (Å²) in [5, 5.41) is 8.68. The standard InChI is InChI=1S/C8H8ClNO3/c9-6-2-1-5(10)3-7(6)13-4-8(11)12/h1-3H,4,10H2,(H,11,12). The van der Waals surface area contributed by atoms with Crippen LogP contribution in [-0.4, -0.2) is 17.7 Å². The van der Waals surface area contributed by atoms with E-state index in [2.05, 4.69) is 0 Å². The predicted octanol–water partition coefficient (Wildman–Crippen LogP) is 1.39. The van der Waals surface area contributed by atoms with Crippen molar-refractivity contribution in [2.45, 2.75) is 0 Å². The van der Waals surface area contributed by atoms with Crippen molar-refractivity contribution in [3.63, 3.8) is 0 Å². The van der Waals surface area contributed by atoms with Gasteiger partial charge in [0.1, 0.15) is 5.75 Å². The first-order valence-corrected chi connectivity index (χ1v) is 3.87. The molecule has 1 aromatic carbocycles. The number of carboxylic acids is 1. The Morgan fingerprint density at radius 2 is 2.31 bits per heavy atom. The van der Waals surface area contributed by atoms with Crippen LogP contribution in [0.5, 0.6) is 5.75 Å². The average molecular weight is 202 g/mol. The van der Waals surface area contributed by atoms with Crippen LogP contribution in [0.4, 0.5) is 5.69 Å². The molecule has 0 atom stereocenters. The minimum Gasteiger partial charge on any atom is -0.480 e. The lowest BCUT2D eigenvalue weighted by molar-refractivity contribution is -0.139. The van der Waals surface area contributed by atoms with E-state index in [0.29, 0.717) is 10.7 Å². The normalized spacial score (nSPS) is 9.62. The van der Waals surface area contributed by atoms with E-state index in [1.165, 1.54) is 6.07 Å². The van der Waals surface area contributed by atoms with E-state index in [0.717, 1.165) is 0 Å². The number of anilines is 1. The van der Waals surface area contributed by atoms with E-state index < -0.39 is 12.6 Å². The van der Waals surface area contributed by atoms with Gasteiger partial charge in [0.15, 0.2) is 6.61 Å². The minimum atomic E-state index is -1.06. The largest absolute Gasteiger partial charge is 0.480 e. The number of carbonyl (C=O) groups is 1. The quantitative estimate of drug-likeness (QED) is 0.725. The monoisotopic (exact) mass is 201 g/mol. The molecule has 0 aliphatic heterocycles. The third-order valence-corrected chi connectivity index (χ3v) is 1.62. The SMILES string of the molecule is Nc1ccc(Cl)c(OCC(=O)O)c1. The van der Waals surface area contributed by atoms with Crippen LogP contribution >= 0.6 is 11.6 Å². The van der Waals surface area contributed by atoms with Crippen molar-refractivity contribution in [2.24, 2.45) is 0 Å². The molecule has 4 nitrogen and oxygen atoms in total. The number of hydrogen-bond acceptors (Lipinski definition) is 3. The third-order valence-electron chi connectivity index (χ3n) is 1.31. The molecule has 70 valence electrons. The molecule has 13 heavy (non-hydrogen) atoms. The highest BCUT2D eigenvalue weighted by molar-refractivity contribution is 6.32. The van der Waals surface area contributed by atoms with Gasteiger partial charge < -0.3 is 15.6 Å². The van der Waals surface area contributed by atoms with Gasteiger partial charge in [-0.1, -0.05) is 11.6 Å². The summed E-state index contributed by atoms with van der Waals surface area (Å²) in [4.78, 5) is 10.2. The van der Waals surface area contributed by atoms with Crippen molar-refractivity contribution >= 4 is 23.3 Å². The van der Waals surface area contributed by atoms with Crippen molar-refractivity contribution in [3.8, 4) is 5.75 Å². The summed E-state index contributed by atoms with van der Waals surface area (Å²) < 4.78 is 4.87. The van der Waals surface area contributed by atoms with Gasteiger partial charge in [-0.25, -0.2) is 4.79 Å². The van der Waals surface area contributed by atoms with E-state index in [1.807, 2.05) is 0 Å². The summed E-state index contributed by atoms with van der Waals surface area (Å²) in [6.07, 6.45) is 0. The molecule has 0 spiro atoms. The third kappa shape index (κ3) is 2.83. The number of rotatable bonds is 3. The lowest BCUT2D eigenvalue weighted by atomic mass is 10.3. The van der Waals surface area contributed by atoms with Crippen LogP contribution in [0.1, 0.15) is 0 Å². The Hall–Kier alpha value is -1.42. The number of hydrogen-bond donors (Lipinski definition) is 2. The van der Waals surface area contributed by atoms with Crippen molar-refractivity contribution in [3.05, 3.63) is 23.2 Å². The molecular weight excluding hydrogens is 194 g/mol. The fourth-order valence-corrected chi connectivity index (χ4v) is 0.942. The zero-order valence-corrected chi connectivity index (χ0v) is 7.41. The molecular formula is C8H8ClNO3. The first-order valence-electron chi connectivity index (χ1n) is 3.49. The molecule has 0 amide bonds. The Labute approximate surface area is 79.9 Å². The van der Waals surface area contributed by atoms with Gasteiger partial charge in [-0.3, -0.25) is 0 Å². The van der Waals surface area contributed by atoms with Crippen LogP contribution in [0.2, 0.25) is 5.02 Å². The minimum absolute atomic E-state index is 0.282. The van der Waals surface area contributed by atoms with Gasteiger partial charge in [-0.05, 0) is 12.1 Å². The summed E-state index contributed by atoms with van der Waals surface area (Å²) in [6, 6.07) is 4.63. The number of aliphatic carboxylic acids is 1. The molecule has 0 radical (unpaired) electrons. The Kier molecular flexibility index (Phi) is 2.97. The molecule has 0 fully saturated rings. The summed E-state index contributed by atoms with van der Waals surface area (Å²) in [5.74, 6) is -0.775. The van der Waals surface area contributed by atoms with Gasteiger partial charge in [0.2, 0.25) is 0 Å². The summed E-state index contributed by atoms with van der Waals surface area (Å²) in [7, 11) is 0. The number of benzene rings is 1. The fraction of sp³-hybridized carbons (Fsp3) is 0.125. The molecule has 0 aliphatic rings. The summed E-state index contributed by atoms with van der Waals surface area (Å²) in [6.45, 7) is -0.427. The number of ether oxygens (including phenoxy) is 1. The molecule has 0 saturated heterocycles. The second-order valence-electron chi connectivity index (χ2n) is 2.37. The maximum atomic E-state index is 10.2. The highest BCUT2D eigenvalue weighted by Crippen LogP contribution is 2.26. The zero-order chi connectivity index (χ0) is 9.84. The maximum absolute atomic E-state index is 10.2. The Bertz CT molecular complexity index is 327. The Morgan fingerprint density at radius 3 is 2.92 bits per heavy atom.